The van der Waals surface area contributed by atoms with Crippen LogP contribution in [0.1, 0.15) is 25.3 Å². The Labute approximate surface area is 179 Å². The fourth-order valence-corrected chi connectivity index (χ4v) is 4.20. The van der Waals surface area contributed by atoms with Crippen LogP contribution in [0.4, 0.5) is 0 Å². The van der Waals surface area contributed by atoms with Crippen LogP contribution < -0.4 is 14.8 Å². The van der Waals surface area contributed by atoms with Gasteiger partial charge in [-0.1, -0.05) is 13.0 Å². The number of aliphatic imine (C=N–C) groups is 1. The van der Waals surface area contributed by atoms with E-state index in [4.69, 9.17) is 9.47 Å². The molecule has 1 aliphatic rings. The van der Waals surface area contributed by atoms with Crippen LogP contribution in [-0.4, -0.2) is 62.8 Å². The first-order chi connectivity index (χ1) is 12.2. The topological polar surface area (TPSA) is 46.1 Å². The van der Waals surface area contributed by atoms with Crippen LogP contribution in [0.15, 0.2) is 23.2 Å². The second-order valence-corrected chi connectivity index (χ2v) is 7.52. The van der Waals surface area contributed by atoms with Gasteiger partial charge in [0, 0.05) is 37.7 Å². The number of thioether (sulfide) groups is 1. The van der Waals surface area contributed by atoms with Gasteiger partial charge in [-0.2, -0.15) is 11.8 Å². The number of hydrogen-bond donors (Lipinski definition) is 1. The summed E-state index contributed by atoms with van der Waals surface area (Å²) in [4.78, 5) is 6.85. The molecule has 1 fully saturated rings. The van der Waals surface area contributed by atoms with Crippen molar-refractivity contribution >= 4 is 41.7 Å². The lowest BCUT2D eigenvalue weighted by Crippen LogP contribution is -2.48. The molecule has 0 amide bonds. The predicted octanol–water partition coefficient (Wildman–Crippen LogP) is 3.66. The van der Waals surface area contributed by atoms with Crippen molar-refractivity contribution in [3.8, 4) is 11.5 Å². The van der Waals surface area contributed by atoms with Crippen LogP contribution in [0, 0.1) is 0 Å². The molecular formula is C19H32IN3O2S. The summed E-state index contributed by atoms with van der Waals surface area (Å²) in [5.41, 5.74) is 1.26. The summed E-state index contributed by atoms with van der Waals surface area (Å²) in [6, 6.07) is 6.13. The van der Waals surface area contributed by atoms with Gasteiger partial charge >= 0.3 is 0 Å². The quantitative estimate of drug-likeness (QED) is 0.272. The Balaban J connectivity index is 0.00000338. The minimum absolute atomic E-state index is 0. The molecule has 0 aromatic heterocycles. The van der Waals surface area contributed by atoms with Gasteiger partial charge in [-0.3, -0.25) is 4.99 Å². The average Bonchev–Trinajstić information content (AvgIpc) is 2.67. The maximum Gasteiger partial charge on any atom is 0.193 e. The maximum absolute atomic E-state index is 5.37. The van der Waals surface area contributed by atoms with Crippen molar-refractivity contribution in [1.82, 2.24) is 10.2 Å². The SMILES string of the molecule is CCC1CN(C(=NC)NCCCc2ccc(OC)c(OC)c2)CCS1.I. The van der Waals surface area contributed by atoms with Gasteiger partial charge in [-0.15, -0.1) is 24.0 Å². The number of guanidine groups is 1. The number of rotatable bonds is 7. The normalized spacial score (nSPS) is 17.5. The van der Waals surface area contributed by atoms with Crippen LogP contribution >= 0.6 is 35.7 Å². The minimum atomic E-state index is 0. The van der Waals surface area contributed by atoms with Crippen molar-refractivity contribution in [3.05, 3.63) is 23.8 Å². The summed E-state index contributed by atoms with van der Waals surface area (Å²) < 4.78 is 10.7. The van der Waals surface area contributed by atoms with Gasteiger partial charge in [0.05, 0.1) is 14.2 Å². The second kappa shape index (κ2) is 12.5. The first kappa shape index (κ1) is 23.2. The van der Waals surface area contributed by atoms with E-state index < -0.39 is 0 Å². The lowest BCUT2D eigenvalue weighted by molar-refractivity contribution is 0.354. The average molecular weight is 493 g/mol. The zero-order valence-electron chi connectivity index (χ0n) is 16.3. The molecule has 1 aromatic rings. The van der Waals surface area contributed by atoms with E-state index in [1.807, 2.05) is 13.1 Å². The maximum atomic E-state index is 5.37. The third-order valence-electron chi connectivity index (χ3n) is 4.48. The van der Waals surface area contributed by atoms with E-state index in [0.717, 1.165) is 55.2 Å². The molecule has 1 saturated heterocycles. The largest absolute Gasteiger partial charge is 0.493 e. The van der Waals surface area contributed by atoms with Gasteiger partial charge in [-0.25, -0.2) is 0 Å². The molecular weight excluding hydrogens is 461 g/mol. The third-order valence-corrected chi connectivity index (χ3v) is 5.85. The van der Waals surface area contributed by atoms with Crippen molar-refractivity contribution in [2.24, 2.45) is 4.99 Å². The van der Waals surface area contributed by atoms with Crippen LogP contribution in [0.2, 0.25) is 0 Å². The molecule has 0 spiro atoms. The standard InChI is InChI=1S/C19H31N3O2S.HI/c1-5-16-14-22(11-12-25-16)19(20-2)21-10-6-7-15-8-9-17(23-3)18(13-15)24-4;/h8-9,13,16H,5-7,10-12,14H2,1-4H3,(H,20,21);1H. The van der Waals surface area contributed by atoms with E-state index in [0.29, 0.717) is 0 Å². The van der Waals surface area contributed by atoms with Gasteiger partial charge in [0.1, 0.15) is 0 Å². The van der Waals surface area contributed by atoms with Gasteiger partial charge < -0.3 is 19.7 Å². The number of halogens is 1. The van der Waals surface area contributed by atoms with E-state index >= 15 is 0 Å². The lowest BCUT2D eigenvalue weighted by Gasteiger charge is -2.34. The molecule has 26 heavy (non-hydrogen) atoms. The number of nitrogens with zero attached hydrogens (tertiary/aromatic N) is 2. The van der Waals surface area contributed by atoms with Crippen molar-refractivity contribution in [2.75, 3.05) is 46.7 Å². The Morgan fingerprint density at radius 2 is 2.08 bits per heavy atom. The van der Waals surface area contributed by atoms with E-state index in [1.54, 1.807) is 14.2 Å². The van der Waals surface area contributed by atoms with E-state index in [2.05, 4.69) is 46.0 Å². The van der Waals surface area contributed by atoms with Gasteiger partial charge in [0.2, 0.25) is 0 Å². The van der Waals surface area contributed by atoms with Gasteiger partial charge in [-0.05, 0) is 37.0 Å². The highest BCUT2D eigenvalue weighted by Crippen LogP contribution is 2.28. The molecule has 1 unspecified atom stereocenters. The zero-order valence-corrected chi connectivity index (χ0v) is 19.4. The first-order valence-electron chi connectivity index (χ1n) is 8.99. The summed E-state index contributed by atoms with van der Waals surface area (Å²) in [6.07, 6.45) is 3.27. The fourth-order valence-electron chi connectivity index (χ4n) is 3.02. The highest BCUT2D eigenvalue weighted by molar-refractivity contribution is 14.0. The highest BCUT2D eigenvalue weighted by atomic mass is 127. The van der Waals surface area contributed by atoms with E-state index in [1.165, 1.54) is 17.7 Å². The van der Waals surface area contributed by atoms with Crippen LogP contribution in [0.3, 0.4) is 0 Å². The Kier molecular flexibility index (Phi) is 11.2. The summed E-state index contributed by atoms with van der Waals surface area (Å²) >= 11 is 2.08. The summed E-state index contributed by atoms with van der Waals surface area (Å²) in [7, 11) is 5.21. The van der Waals surface area contributed by atoms with Crippen LogP contribution in [0.25, 0.3) is 0 Å². The van der Waals surface area contributed by atoms with Crippen molar-refractivity contribution < 1.29 is 9.47 Å². The number of nitrogens with one attached hydrogen (secondary N) is 1. The molecule has 0 radical (unpaired) electrons. The van der Waals surface area contributed by atoms with Crippen molar-refractivity contribution in [2.45, 2.75) is 31.4 Å². The zero-order chi connectivity index (χ0) is 18.1. The Morgan fingerprint density at radius 3 is 2.73 bits per heavy atom. The molecule has 1 heterocycles. The first-order valence-corrected chi connectivity index (χ1v) is 10.0. The lowest BCUT2D eigenvalue weighted by atomic mass is 10.1. The molecule has 0 bridgehead atoms. The smallest absolute Gasteiger partial charge is 0.193 e. The number of benzene rings is 1. The highest BCUT2D eigenvalue weighted by Gasteiger charge is 2.21. The number of hydrogen-bond acceptors (Lipinski definition) is 4. The number of ether oxygens (including phenoxy) is 2. The molecule has 5 nitrogen and oxygen atoms in total. The number of aryl methyl sites for hydroxylation is 1. The second-order valence-electron chi connectivity index (χ2n) is 6.11. The fraction of sp³-hybridized carbons (Fsp3) is 0.632. The van der Waals surface area contributed by atoms with Crippen molar-refractivity contribution in [1.29, 1.82) is 0 Å². The molecule has 1 aliphatic heterocycles. The Morgan fingerprint density at radius 1 is 1.31 bits per heavy atom. The van der Waals surface area contributed by atoms with Crippen LogP contribution in [0.5, 0.6) is 11.5 Å². The van der Waals surface area contributed by atoms with E-state index in [9.17, 15) is 0 Å². The number of methoxy groups -OCH3 is 2. The molecule has 1 atom stereocenters. The molecule has 1 N–H and O–H groups in total. The molecule has 7 heteroatoms. The summed E-state index contributed by atoms with van der Waals surface area (Å²) in [5, 5.41) is 4.24. The van der Waals surface area contributed by atoms with Crippen LogP contribution in [-0.2, 0) is 6.42 Å². The summed E-state index contributed by atoms with van der Waals surface area (Å²) in [6.45, 7) is 5.36. The molecule has 0 aliphatic carbocycles. The Bertz CT molecular complexity index is 572. The molecule has 0 saturated carbocycles. The van der Waals surface area contributed by atoms with Gasteiger partial charge in [0.15, 0.2) is 17.5 Å². The molecule has 2 rings (SSSR count). The molecule has 1 aromatic carbocycles. The minimum Gasteiger partial charge on any atom is -0.493 e. The predicted molar refractivity (Wildman–Crippen MR) is 123 cm³/mol. The monoisotopic (exact) mass is 493 g/mol. The Hall–Kier alpha value is -0.830. The third kappa shape index (κ3) is 6.72. The summed E-state index contributed by atoms with van der Waals surface area (Å²) in [5.74, 6) is 3.79. The van der Waals surface area contributed by atoms with Crippen molar-refractivity contribution in [3.63, 3.8) is 0 Å². The van der Waals surface area contributed by atoms with E-state index in [-0.39, 0.29) is 24.0 Å². The van der Waals surface area contributed by atoms with Gasteiger partial charge in [0.25, 0.3) is 0 Å². The molecule has 148 valence electrons.